The number of imidazole rings is 1. The van der Waals surface area contributed by atoms with E-state index in [9.17, 15) is 0 Å². The Kier molecular flexibility index (Phi) is 7.15. The molecule has 0 radical (unpaired) electrons. The van der Waals surface area contributed by atoms with Crippen LogP contribution in [0.1, 0.15) is 17.7 Å². The largest absolute Gasteiger partial charge is 0.488 e. The molecule has 0 saturated carbocycles. The summed E-state index contributed by atoms with van der Waals surface area (Å²) in [6.45, 7) is 9.43. The lowest BCUT2D eigenvalue weighted by molar-refractivity contribution is 0.142. The summed E-state index contributed by atoms with van der Waals surface area (Å²) in [6.07, 6.45) is 8.55. The summed E-state index contributed by atoms with van der Waals surface area (Å²) < 4.78 is 13.2. The third kappa shape index (κ3) is 5.30. The van der Waals surface area contributed by atoms with Crippen molar-refractivity contribution >= 4 is 28.6 Å². The van der Waals surface area contributed by atoms with E-state index in [1.165, 1.54) is 0 Å². The van der Waals surface area contributed by atoms with Crippen molar-refractivity contribution < 1.29 is 9.47 Å². The lowest BCUT2D eigenvalue weighted by Crippen LogP contribution is -2.08. The molecule has 0 aromatic carbocycles. The van der Waals surface area contributed by atoms with Crippen LogP contribution in [0.2, 0.25) is 5.28 Å². The van der Waals surface area contributed by atoms with Gasteiger partial charge in [-0.2, -0.15) is 9.97 Å². The summed E-state index contributed by atoms with van der Waals surface area (Å²) in [7, 11) is 0. The maximum atomic E-state index is 5.94. The van der Waals surface area contributed by atoms with Crippen LogP contribution in [0, 0.1) is 0 Å². The minimum atomic E-state index is 0.0691. The quantitative estimate of drug-likeness (QED) is 0.292. The summed E-state index contributed by atoms with van der Waals surface area (Å²) in [5, 5.41) is 0.0691. The van der Waals surface area contributed by atoms with Gasteiger partial charge in [0.1, 0.15) is 23.6 Å². The summed E-state index contributed by atoms with van der Waals surface area (Å²) in [4.78, 5) is 17.0. The number of nitrogens with zero attached hydrogens (tertiary/aromatic N) is 5. The highest BCUT2D eigenvalue weighted by atomic mass is 35.5. The number of hydrogen-bond donors (Lipinski definition) is 1. The molecule has 0 amide bonds. The van der Waals surface area contributed by atoms with E-state index < -0.39 is 0 Å². The van der Waals surface area contributed by atoms with Crippen molar-refractivity contribution in [3.8, 4) is 5.75 Å². The molecule has 0 bridgehead atoms. The zero-order chi connectivity index (χ0) is 20.6. The van der Waals surface area contributed by atoms with Gasteiger partial charge in [-0.15, -0.1) is 6.58 Å². The van der Waals surface area contributed by atoms with E-state index in [0.29, 0.717) is 43.3 Å². The normalized spacial score (nSPS) is 10.9. The number of hydrogen-bond acceptors (Lipinski definition) is 7. The first kappa shape index (κ1) is 20.8. The van der Waals surface area contributed by atoms with Crippen molar-refractivity contribution in [2.75, 3.05) is 25.6 Å². The average Bonchev–Trinajstić information content (AvgIpc) is 3.10. The lowest BCUT2D eigenvalue weighted by atomic mass is 10.2. The Hall–Kier alpha value is -2.97. The molecule has 3 aromatic heterocycles. The minimum Gasteiger partial charge on any atom is -0.488 e. The number of nitrogens with two attached hydrogens (primary N) is 1. The van der Waals surface area contributed by atoms with Gasteiger partial charge >= 0.3 is 0 Å². The second-order valence-electron chi connectivity index (χ2n) is 6.25. The first-order valence-electron chi connectivity index (χ1n) is 9.16. The van der Waals surface area contributed by atoms with Crippen molar-refractivity contribution in [1.82, 2.24) is 24.5 Å². The molecule has 0 spiro atoms. The van der Waals surface area contributed by atoms with Crippen LogP contribution in [-0.2, 0) is 17.7 Å². The molecule has 152 valence electrons. The highest BCUT2D eigenvalue weighted by Gasteiger charge is 2.14. The molecule has 0 fully saturated rings. The van der Waals surface area contributed by atoms with Gasteiger partial charge in [0, 0.05) is 6.20 Å². The van der Waals surface area contributed by atoms with E-state index in [2.05, 4.69) is 33.1 Å². The topological polar surface area (TPSA) is 101 Å². The van der Waals surface area contributed by atoms with Gasteiger partial charge in [-0.1, -0.05) is 18.7 Å². The molecule has 3 heterocycles. The van der Waals surface area contributed by atoms with Gasteiger partial charge in [0.05, 0.1) is 26.1 Å². The fourth-order valence-electron chi connectivity index (χ4n) is 2.72. The summed E-state index contributed by atoms with van der Waals surface area (Å²) in [6, 6.07) is 1.97. The Morgan fingerprint density at radius 2 is 2.03 bits per heavy atom. The lowest BCUT2D eigenvalue weighted by Gasteiger charge is -2.12. The van der Waals surface area contributed by atoms with E-state index in [1.807, 2.05) is 18.3 Å². The Labute approximate surface area is 174 Å². The van der Waals surface area contributed by atoms with Crippen molar-refractivity contribution in [3.05, 3.63) is 60.4 Å². The standard InChI is InChI=1S/C20H23ClN6O2/c1-3-5-8-28-9-6-14-10-16(29-7-4-2)15(23-11-14)12-27-13-24-17-18(22)25-20(21)26-19(17)27/h3-4,10-11,13H,1-2,5-9,12H2,(H2,22,25,26). The SMILES string of the molecule is C=CCCOCCc1cnc(Cn2cnc3c(N)nc(Cl)nc32)c(OCC=C)c1. The van der Waals surface area contributed by atoms with Gasteiger partial charge in [0.15, 0.2) is 11.5 Å². The number of aromatic nitrogens is 5. The zero-order valence-corrected chi connectivity index (χ0v) is 16.8. The minimum absolute atomic E-state index is 0.0691. The molecule has 0 aliphatic rings. The molecule has 0 aliphatic carbocycles. The second kappa shape index (κ2) is 9.99. The molecular weight excluding hydrogens is 392 g/mol. The van der Waals surface area contributed by atoms with Gasteiger partial charge in [0.2, 0.25) is 5.28 Å². The fraction of sp³-hybridized carbons (Fsp3) is 0.300. The molecule has 9 heteroatoms. The van der Waals surface area contributed by atoms with Crippen LogP contribution in [0.3, 0.4) is 0 Å². The number of rotatable bonds is 11. The number of halogens is 1. The molecule has 0 saturated heterocycles. The molecule has 2 N–H and O–H groups in total. The Morgan fingerprint density at radius 3 is 2.83 bits per heavy atom. The van der Waals surface area contributed by atoms with Crippen molar-refractivity contribution in [3.63, 3.8) is 0 Å². The monoisotopic (exact) mass is 414 g/mol. The Bertz CT molecular complexity index is 1000. The third-order valence-corrected chi connectivity index (χ3v) is 4.30. The van der Waals surface area contributed by atoms with Crippen molar-refractivity contribution in [2.45, 2.75) is 19.4 Å². The fourth-order valence-corrected chi connectivity index (χ4v) is 2.89. The highest BCUT2D eigenvalue weighted by Crippen LogP contribution is 2.23. The Balaban J connectivity index is 1.80. The maximum absolute atomic E-state index is 5.94. The molecule has 0 atom stereocenters. The zero-order valence-electron chi connectivity index (χ0n) is 16.1. The molecule has 0 unspecified atom stereocenters. The highest BCUT2D eigenvalue weighted by molar-refractivity contribution is 6.28. The number of pyridine rings is 1. The Morgan fingerprint density at radius 1 is 1.17 bits per heavy atom. The number of fused-ring (bicyclic) bond motifs is 1. The summed E-state index contributed by atoms with van der Waals surface area (Å²) >= 11 is 5.94. The molecule has 29 heavy (non-hydrogen) atoms. The van der Waals surface area contributed by atoms with Crippen molar-refractivity contribution in [1.29, 1.82) is 0 Å². The number of ether oxygens (including phenoxy) is 2. The van der Waals surface area contributed by atoms with Crippen molar-refractivity contribution in [2.24, 2.45) is 0 Å². The smallest absolute Gasteiger partial charge is 0.226 e. The first-order valence-corrected chi connectivity index (χ1v) is 9.54. The number of nitrogen functional groups attached to an aromatic ring is 1. The van der Waals surface area contributed by atoms with E-state index in [-0.39, 0.29) is 11.1 Å². The van der Waals surface area contributed by atoms with Crippen LogP contribution in [0.25, 0.3) is 11.2 Å². The van der Waals surface area contributed by atoms with E-state index in [0.717, 1.165) is 24.1 Å². The van der Waals surface area contributed by atoms with Gasteiger partial charge in [-0.25, -0.2) is 4.98 Å². The summed E-state index contributed by atoms with van der Waals surface area (Å²) in [5.74, 6) is 0.908. The van der Waals surface area contributed by atoms with Gasteiger partial charge < -0.3 is 19.8 Å². The summed E-state index contributed by atoms with van der Waals surface area (Å²) in [5.41, 5.74) is 8.67. The van der Waals surface area contributed by atoms with Gasteiger partial charge in [-0.3, -0.25) is 4.98 Å². The van der Waals surface area contributed by atoms with Crippen LogP contribution >= 0.6 is 11.6 Å². The maximum Gasteiger partial charge on any atom is 0.226 e. The molecule has 3 aromatic rings. The van der Waals surface area contributed by atoms with Crippen LogP contribution in [0.4, 0.5) is 5.82 Å². The predicted molar refractivity (Wildman–Crippen MR) is 113 cm³/mol. The van der Waals surface area contributed by atoms with E-state index in [1.54, 1.807) is 17.0 Å². The van der Waals surface area contributed by atoms with Crippen LogP contribution in [0.15, 0.2) is 43.9 Å². The van der Waals surface area contributed by atoms with Crippen LogP contribution < -0.4 is 10.5 Å². The van der Waals surface area contributed by atoms with E-state index in [4.69, 9.17) is 26.8 Å². The predicted octanol–water partition coefficient (Wildman–Crippen LogP) is 3.21. The van der Waals surface area contributed by atoms with E-state index >= 15 is 0 Å². The second-order valence-corrected chi connectivity index (χ2v) is 6.59. The molecule has 8 nitrogen and oxygen atoms in total. The molecule has 3 rings (SSSR count). The van der Waals surface area contributed by atoms with Gasteiger partial charge in [-0.05, 0) is 36.1 Å². The molecule has 0 aliphatic heterocycles. The van der Waals surface area contributed by atoms with Crippen LogP contribution in [-0.4, -0.2) is 44.3 Å². The number of anilines is 1. The first-order chi connectivity index (χ1) is 14.1. The van der Waals surface area contributed by atoms with Gasteiger partial charge in [0.25, 0.3) is 0 Å². The average molecular weight is 415 g/mol. The molecular formula is C20H23ClN6O2. The third-order valence-electron chi connectivity index (χ3n) is 4.13. The van der Waals surface area contributed by atoms with Crippen LogP contribution in [0.5, 0.6) is 5.75 Å².